The molecule has 11 nitrogen and oxygen atoms in total. The molecule has 3 amide bonds. The van der Waals surface area contributed by atoms with Gasteiger partial charge in [0, 0.05) is 18.7 Å². The Kier molecular flexibility index (Phi) is 9.02. The molecule has 152 valence electrons. The Morgan fingerprint density at radius 3 is 2.44 bits per heavy atom. The fourth-order valence-electron chi connectivity index (χ4n) is 2.63. The zero-order chi connectivity index (χ0) is 20.6. The van der Waals surface area contributed by atoms with Crippen LogP contribution in [0, 0.1) is 0 Å². The van der Waals surface area contributed by atoms with Crippen LogP contribution >= 0.6 is 12.6 Å². The molecule has 1 heterocycles. The highest BCUT2D eigenvalue weighted by molar-refractivity contribution is 7.80. The van der Waals surface area contributed by atoms with E-state index in [1.807, 2.05) is 0 Å². The molecule has 0 bridgehead atoms. The van der Waals surface area contributed by atoms with Crippen LogP contribution in [0.1, 0.15) is 25.7 Å². The number of rotatable bonds is 10. The maximum atomic E-state index is 12.5. The lowest BCUT2D eigenvalue weighted by Crippen LogP contribution is -2.54. The SMILES string of the molecule is NC(CCC(=O)O)C(=O)NCC(=O)NC(CS)C(=O)N1CCCC1C(=O)O. The molecule has 0 radical (unpaired) electrons. The van der Waals surface area contributed by atoms with Crippen LogP contribution in [-0.2, 0) is 24.0 Å². The van der Waals surface area contributed by atoms with Crippen LogP contribution in [-0.4, -0.2) is 81.7 Å². The zero-order valence-electron chi connectivity index (χ0n) is 14.6. The minimum atomic E-state index is -1.10. The summed E-state index contributed by atoms with van der Waals surface area (Å²) in [4.78, 5) is 59.0. The minimum Gasteiger partial charge on any atom is -0.481 e. The number of nitrogens with one attached hydrogen (secondary N) is 2. The van der Waals surface area contributed by atoms with E-state index >= 15 is 0 Å². The van der Waals surface area contributed by atoms with Crippen molar-refractivity contribution in [3.63, 3.8) is 0 Å². The Morgan fingerprint density at radius 1 is 1.22 bits per heavy atom. The predicted molar refractivity (Wildman–Crippen MR) is 96.0 cm³/mol. The van der Waals surface area contributed by atoms with Gasteiger partial charge in [0.25, 0.3) is 0 Å². The van der Waals surface area contributed by atoms with Gasteiger partial charge in [-0.1, -0.05) is 0 Å². The summed E-state index contributed by atoms with van der Waals surface area (Å²) in [5, 5.41) is 22.4. The predicted octanol–water partition coefficient (Wildman–Crippen LogP) is -2.22. The van der Waals surface area contributed by atoms with Gasteiger partial charge in [-0.3, -0.25) is 19.2 Å². The third kappa shape index (κ3) is 7.06. The number of thiol groups is 1. The number of carboxylic acid groups (broad SMARTS) is 2. The van der Waals surface area contributed by atoms with E-state index in [9.17, 15) is 24.0 Å². The molecule has 1 fully saturated rings. The fourth-order valence-corrected chi connectivity index (χ4v) is 2.87. The van der Waals surface area contributed by atoms with Crippen LogP contribution < -0.4 is 16.4 Å². The molecule has 3 unspecified atom stereocenters. The van der Waals surface area contributed by atoms with Crippen LogP contribution in [0.25, 0.3) is 0 Å². The number of nitrogens with two attached hydrogens (primary N) is 1. The monoisotopic (exact) mass is 404 g/mol. The largest absolute Gasteiger partial charge is 0.481 e. The standard InChI is InChI=1S/C15H24N4O7S/c16-8(3-4-12(21)22)13(23)17-6-11(20)18-9(7-27)14(24)19-5-1-2-10(19)15(25)26/h8-10,27H,1-7,16H2,(H,17,23)(H,18,20)(H,21,22)(H,25,26). The highest BCUT2D eigenvalue weighted by atomic mass is 32.1. The van der Waals surface area contributed by atoms with Crippen molar-refractivity contribution in [1.82, 2.24) is 15.5 Å². The maximum Gasteiger partial charge on any atom is 0.326 e. The average molecular weight is 404 g/mol. The lowest BCUT2D eigenvalue weighted by atomic mass is 10.1. The Morgan fingerprint density at radius 2 is 1.89 bits per heavy atom. The highest BCUT2D eigenvalue weighted by Gasteiger charge is 2.37. The van der Waals surface area contributed by atoms with Crippen LogP contribution in [0.3, 0.4) is 0 Å². The Labute approximate surface area is 161 Å². The van der Waals surface area contributed by atoms with Crippen molar-refractivity contribution >= 4 is 42.3 Å². The van der Waals surface area contributed by atoms with Crippen molar-refractivity contribution < 1.29 is 34.2 Å². The summed E-state index contributed by atoms with van der Waals surface area (Å²) in [5.74, 6) is -4.15. The van der Waals surface area contributed by atoms with E-state index in [-0.39, 0.29) is 25.1 Å². The van der Waals surface area contributed by atoms with Gasteiger partial charge >= 0.3 is 11.9 Å². The fraction of sp³-hybridized carbons (Fsp3) is 0.667. The first-order valence-corrected chi connectivity index (χ1v) is 8.99. The summed E-state index contributed by atoms with van der Waals surface area (Å²) in [6.07, 6.45) is 0.544. The first kappa shape index (κ1) is 22.7. The summed E-state index contributed by atoms with van der Waals surface area (Å²) in [6, 6.07) is -3.03. The topological polar surface area (TPSA) is 179 Å². The molecule has 1 aliphatic rings. The second kappa shape index (κ2) is 10.7. The van der Waals surface area contributed by atoms with E-state index in [2.05, 4.69) is 23.3 Å². The number of carboxylic acids is 2. The van der Waals surface area contributed by atoms with Crippen LogP contribution in [0.15, 0.2) is 0 Å². The van der Waals surface area contributed by atoms with Gasteiger partial charge in [-0.15, -0.1) is 0 Å². The first-order chi connectivity index (χ1) is 12.7. The minimum absolute atomic E-state index is 0.0422. The molecule has 0 spiro atoms. The number of nitrogens with zero attached hydrogens (tertiary/aromatic N) is 1. The summed E-state index contributed by atoms with van der Waals surface area (Å²) in [7, 11) is 0. The zero-order valence-corrected chi connectivity index (χ0v) is 15.5. The van der Waals surface area contributed by atoms with E-state index in [0.717, 1.165) is 0 Å². The van der Waals surface area contributed by atoms with E-state index < -0.39 is 54.3 Å². The second-order valence-corrected chi connectivity index (χ2v) is 6.45. The maximum absolute atomic E-state index is 12.5. The molecule has 0 aromatic heterocycles. The van der Waals surface area contributed by atoms with E-state index in [0.29, 0.717) is 12.8 Å². The molecule has 12 heteroatoms. The van der Waals surface area contributed by atoms with Crippen LogP contribution in [0.5, 0.6) is 0 Å². The summed E-state index contributed by atoms with van der Waals surface area (Å²) >= 11 is 4.02. The highest BCUT2D eigenvalue weighted by Crippen LogP contribution is 2.18. The normalized spacial score (nSPS) is 18.4. The number of hydrogen-bond acceptors (Lipinski definition) is 7. The van der Waals surface area contributed by atoms with Gasteiger partial charge in [0.2, 0.25) is 17.7 Å². The number of aliphatic carboxylic acids is 2. The van der Waals surface area contributed by atoms with Crippen molar-refractivity contribution in [3.8, 4) is 0 Å². The van der Waals surface area contributed by atoms with Gasteiger partial charge in [-0.2, -0.15) is 12.6 Å². The molecule has 1 rings (SSSR count). The third-order valence-corrected chi connectivity index (χ3v) is 4.43. The molecule has 27 heavy (non-hydrogen) atoms. The molecule has 6 N–H and O–H groups in total. The summed E-state index contributed by atoms with van der Waals surface area (Å²) < 4.78 is 0. The molecular formula is C15H24N4O7S. The van der Waals surface area contributed by atoms with Gasteiger partial charge in [0.15, 0.2) is 0 Å². The van der Waals surface area contributed by atoms with Gasteiger partial charge in [-0.25, -0.2) is 4.79 Å². The van der Waals surface area contributed by atoms with Crippen molar-refractivity contribution in [3.05, 3.63) is 0 Å². The van der Waals surface area contributed by atoms with Gasteiger partial charge < -0.3 is 31.5 Å². The molecule has 0 aromatic carbocycles. The van der Waals surface area contributed by atoms with Crippen molar-refractivity contribution in [1.29, 1.82) is 0 Å². The van der Waals surface area contributed by atoms with E-state index in [1.54, 1.807) is 0 Å². The average Bonchev–Trinajstić information content (AvgIpc) is 3.11. The Hall–Kier alpha value is -2.34. The molecule has 0 saturated carbocycles. The number of likely N-dealkylation sites (tertiary alicyclic amines) is 1. The van der Waals surface area contributed by atoms with E-state index in [1.165, 1.54) is 4.90 Å². The van der Waals surface area contributed by atoms with Gasteiger partial charge in [0.1, 0.15) is 12.1 Å². The lowest BCUT2D eigenvalue weighted by molar-refractivity contribution is -0.149. The number of carbonyl (C=O) groups excluding carboxylic acids is 3. The number of amides is 3. The first-order valence-electron chi connectivity index (χ1n) is 8.36. The lowest BCUT2D eigenvalue weighted by Gasteiger charge is -2.26. The Balaban J connectivity index is 2.51. The quantitative estimate of drug-likeness (QED) is 0.222. The van der Waals surface area contributed by atoms with Crippen LogP contribution in [0.2, 0.25) is 0 Å². The van der Waals surface area contributed by atoms with E-state index in [4.69, 9.17) is 15.9 Å². The van der Waals surface area contributed by atoms with Crippen molar-refractivity contribution in [2.24, 2.45) is 5.73 Å². The smallest absolute Gasteiger partial charge is 0.326 e. The molecule has 1 aliphatic heterocycles. The molecular weight excluding hydrogens is 380 g/mol. The number of hydrogen-bond donors (Lipinski definition) is 6. The van der Waals surface area contributed by atoms with Gasteiger partial charge in [-0.05, 0) is 19.3 Å². The molecule has 0 aliphatic carbocycles. The summed E-state index contributed by atoms with van der Waals surface area (Å²) in [5.41, 5.74) is 5.52. The van der Waals surface area contributed by atoms with Gasteiger partial charge in [0.05, 0.1) is 12.6 Å². The van der Waals surface area contributed by atoms with Crippen LogP contribution in [0.4, 0.5) is 0 Å². The molecule has 0 aromatic rings. The summed E-state index contributed by atoms with van der Waals surface area (Å²) in [6.45, 7) is -0.176. The third-order valence-electron chi connectivity index (χ3n) is 4.07. The molecule has 3 atom stereocenters. The molecule has 1 saturated heterocycles. The second-order valence-electron chi connectivity index (χ2n) is 6.09. The number of carbonyl (C=O) groups is 5. The van der Waals surface area contributed by atoms with Crippen molar-refractivity contribution in [2.75, 3.05) is 18.8 Å². The van der Waals surface area contributed by atoms with Crippen molar-refractivity contribution in [2.45, 2.75) is 43.8 Å². The Bertz CT molecular complexity index is 601.